The minimum atomic E-state index is -4.62. The van der Waals surface area contributed by atoms with Gasteiger partial charge in [0.05, 0.1) is 11.1 Å². The van der Waals surface area contributed by atoms with Crippen LogP contribution in [0.25, 0.3) is 0 Å². The van der Waals surface area contributed by atoms with Crippen molar-refractivity contribution >= 4 is 11.9 Å². The van der Waals surface area contributed by atoms with Gasteiger partial charge in [-0.05, 0) is 18.2 Å². The topological polar surface area (TPSA) is 74.6 Å². The molecule has 0 fully saturated rings. The summed E-state index contributed by atoms with van der Waals surface area (Å²) in [5, 5.41) is 17.2. The number of aliphatic carboxylic acids is 1. The first-order valence-electron chi connectivity index (χ1n) is 4.87. The van der Waals surface area contributed by atoms with E-state index in [0.29, 0.717) is 12.1 Å². The molecular weight excluding hydrogens is 265 g/mol. The minimum Gasteiger partial charge on any atom is -0.481 e. The highest BCUT2D eigenvalue weighted by atomic mass is 19.4. The Hall–Kier alpha value is -2.49. The molecule has 2 N–H and O–H groups in total. The molecule has 7 heteroatoms. The summed E-state index contributed by atoms with van der Waals surface area (Å²) in [5.74, 6) is 1.53. The molecule has 0 aliphatic rings. The molecular formula is C12H7F3O4. The highest BCUT2D eigenvalue weighted by Gasteiger charge is 2.31. The van der Waals surface area contributed by atoms with Gasteiger partial charge in [0.25, 0.3) is 0 Å². The lowest BCUT2D eigenvalue weighted by molar-refractivity contribution is -0.138. The van der Waals surface area contributed by atoms with Gasteiger partial charge >= 0.3 is 18.1 Å². The van der Waals surface area contributed by atoms with Gasteiger partial charge in [-0.1, -0.05) is 11.8 Å². The molecule has 0 spiro atoms. The number of carbonyl (C=O) groups is 2. The van der Waals surface area contributed by atoms with Crippen molar-refractivity contribution in [2.24, 2.45) is 0 Å². The zero-order valence-electron chi connectivity index (χ0n) is 9.28. The zero-order chi connectivity index (χ0) is 14.6. The van der Waals surface area contributed by atoms with Gasteiger partial charge in [-0.15, -0.1) is 0 Å². The first-order chi connectivity index (χ1) is 8.71. The molecule has 0 heterocycles. The summed E-state index contributed by atoms with van der Waals surface area (Å²) in [6.45, 7) is 0. The summed E-state index contributed by atoms with van der Waals surface area (Å²) < 4.78 is 37.4. The number of benzene rings is 1. The van der Waals surface area contributed by atoms with E-state index in [1.54, 1.807) is 0 Å². The smallest absolute Gasteiger partial charge is 0.416 e. The fraction of sp³-hybridized carbons (Fsp3) is 0.167. The number of aromatic carboxylic acids is 1. The molecule has 0 aliphatic carbocycles. The summed E-state index contributed by atoms with van der Waals surface area (Å²) in [6, 6.07) is 2.00. The van der Waals surface area contributed by atoms with E-state index in [1.807, 2.05) is 0 Å². The Morgan fingerprint density at radius 2 is 1.84 bits per heavy atom. The highest BCUT2D eigenvalue weighted by molar-refractivity contribution is 5.91. The van der Waals surface area contributed by atoms with Crippen LogP contribution in [0.4, 0.5) is 13.2 Å². The third-order valence-electron chi connectivity index (χ3n) is 2.04. The molecule has 0 bridgehead atoms. The zero-order valence-corrected chi connectivity index (χ0v) is 9.28. The summed E-state index contributed by atoms with van der Waals surface area (Å²) in [5.41, 5.74) is -1.83. The number of alkyl halides is 3. The lowest BCUT2D eigenvalue weighted by Crippen LogP contribution is -2.08. The number of hydrogen-bond donors (Lipinski definition) is 2. The SMILES string of the molecule is O=C(O)CC#Cc1cc(C(F)(F)F)ccc1C(=O)O. The Bertz CT molecular complexity index is 579. The first kappa shape index (κ1) is 14.6. The Labute approximate surface area is 105 Å². The van der Waals surface area contributed by atoms with E-state index >= 15 is 0 Å². The van der Waals surface area contributed by atoms with E-state index in [9.17, 15) is 22.8 Å². The number of rotatable bonds is 2. The average molecular weight is 272 g/mol. The van der Waals surface area contributed by atoms with Crippen molar-refractivity contribution < 1.29 is 33.0 Å². The van der Waals surface area contributed by atoms with Crippen LogP contribution in [0, 0.1) is 11.8 Å². The Balaban J connectivity index is 3.26. The summed E-state index contributed by atoms with van der Waals surface area (Å²) in [6.07, 6.45) is -5.21. The largest absolute Gasteiger partial charge is 0.481 e. The molecule has 0 radical (unpaired) electrons. The maximum Gasteiger partial charge on any atom is 0.416 e. The van der Waals surface area contributed by atoms with Gasteiger partial charge in [-0.25, -0.2) is 4.79 Å². The molecule has 0 amide bonds. The molecule has 1 aromatic carbocycles. The maximum atomic E-state index is 12.5. The van der Waals surface area contributed by atoms with E-state index in [2.05, 4.69) is 11.8 Å². The van der Waals surface area contributed by atoms with Crippen molar-refractivity contribution in [1.29, 1.82) is 0 Å². The molecule has 0 unspecified atom stereocenters. The molecule has 4 nitrogen and oxygen atoms in total. The molecule has 0 saturated carbocycles. The molecule has 1 rings (SSSR count). The molecule has 0 atom stereocenters. The Morgan fingerprint density at radius 1 is 1.21 bits per heavy atom. The van der Waals surface area contributed by atoms with Gasteiger partial charge < -0.3 is 10.2 Å². The molecule has 1 aromatic rings. The second kappa shape index (κ2) is 5.44. The first-order valence-corrected chi connectivity index (χ1v) is 4.87. The summed E-state index contributed by atoms with van der Waals surface area (Å²) in [7, 11) is 0. The van der Waals surface area contributed by atoms with Crippen molar-refractivity contribution in [2.45, 2.75) is 12.6 Å². The Kier molecular flexibility index (Phi) is 4.17. The quantitative estimate of drug-likeness (QED) is 0.809. The summed E-state index contributed by atoms with van der Waals surface area (Å²) in [4.78, 5) is 21.1. The molecule has 0 aliphatic heterocycles. The van der Waals surface area contributed by atoms with Crippen molar-refractivity contribution in [2.75, 3.05) is 0 Å². The highest BCUT2D eigenvalue weighted by Crippen LogP contribution is 2.30. The van der Waals surface area contributed by atoms with Gasteiger partial charge in [0, 0.05) is 5.56 Å². The number of hydrogen-bond acceptors (Lipinski definition) is 2. The second-order valence-corrected chi connectivity index (χ2v) is 3.44. The van der Waals surface area contributed by atoms with Crippen LogP contribution in [0.1, 0.15) is 27.9 Å². The number of halogens is 3. The van der Waals surface area contributed by atoms with Crippen LogP contribution in [-0.4, -0.2) is 22.2 Å². The van der Waals surface area contributed by atoms with Gasteiger partial charge in [-0.3, -0.25) is 4.79 Å². The lowest BCUT2D eigenvalue weighted by Gasteiger charge is -2.08. The predicted octanol–water partition coefficient (Wildman–Crippen LogP) is 2.23. The van der Waals surface area contributed by atoms with Gasteiger partial charge in [0.1, 0.15) is 6.42 Å². The van der Waals surface area contributed by atoms with Crippen molar-refractivity contribution in [3.8, 4) is 11.8 Å². The summed E-state index contributed by atoms with van der Waals surface area (Å²) >= 11 is 0. The Morgan fingerprint density at radius 3 is 2.32 bits per heavy atom. The monoisotopic (exact) mass is 272 g/mol. The van der Waals surface area contributed by atoms with Gasteiger partial charge in [0.2, 0.25) is 0 Å². The average Bonchev–Trinajstić information content (AvgIpc) is 2.26. The fourth-order valence-corrected chi connectivity index (χ4v) is 1.23. The third kappa shape index (κ3) is 4.03. The van der Waals surface area contributed by atoms with Crippen LogP contribution >= 0.6 is 0 Å². The van der Waals surface area contributed by atoms with Crippen LogP contribution in [0.15, 0.2) is 18.2 Å². The van der Waals surface area contributed by atoms with Crippen LogP contribution in [0.2, 0.25) is 0 Å². The van der Waals surface area contributed by atoms with Crippen LogP contribution in [0.5, 0.6) is 0 Å². The minimum absolute atomic E-state index is 0.372. The van der Waals surface area contributed by atoms with E-state index in [4.69, 9.17) is 10.2 Å². The molecule has 0 aromatic heterocycles. The van der Waals surface area contributed by atoms with E-state index < -0.39 is 35.7 Å². The van der Waals surface area contributed by atoms with Crippen molar-refractivity contribution in [1.82, 2.24) is 0 Å². The van der Waals surface area contributed by atoms with Crippen LogP contribution in [0.3, 0.4) is 0 Å². The number of carboxylic acids is 2. The normalized spacial score (nSPS) is 10.5. The number of carboxylic acid groups (broad SMARTS) is 2. The second-order valence-electron chi connectivity index (χ2n) is 3.44. The van der Waals surface area contributed by atoms with Gasteiger partial charge in [-0.2, -0.15) is 13.2 Å². The lowest BCUT2D eigenvalue weighted by atomic mass is 10.0. The molecule has 100 valence electrons. The third-order valence-corrected chi connectivity index (χ3v) is 2.04. The van der Waals surface area contributed by atoms with Crippen LogP contribution in [-0.2, 0) is 11.0 Å². The fourth-order valence-electron chi connectivity index (χ4n) is 1.23. The standard InChI is InChI=1S/C12H7F3O4/c13-12(14,15)8-4-5-9(11(18)19)7(6-8)2-1-3-10(16)17/h4-6H,3H2,(H,16,17)(H,18,19). The van der Waals surface area contributed by atoms with Crippen molar-refractivity contribution in [3.05, 3.63) is 34.9 Å². The molecule has 0 saturated heterocycles. The maximum absolute atomic E-state index is 12.5. The van der Waals surface area contributed by atoms with E-state index in [1.165, 1.54) is 0 Å². The van der Waals surface area contributed by atoms with Crippen molar-refractivity contribution in [3.63, 3.8) is 0 Å². The van der Waals surface area contributed by atoms with E-state index in [0.717, 1.165) is 6.07 Å². The molecule has 19 heavy (non-hydrogen) atoms. The van der Waals surface area contributed by atoms with Crippen LogP contribution < -0.4 is 0 Å². The predicted molar refractivity (Wildman–Crippen MR) is 57.5 cm³/mol. The van der Waals surface area contributed by atoms with E-state index in [-0.39, 0.29) is 5.56 Å². The van der Waals surface area contributed by atoms with Gasteiger partial charge in [0.15, 0.2) is 0 Å².